The molecule has 3 rings (SSSR count). The van der Waals surface area contributed by atoms with Crippen LogP contribution in [0.1, 0.15) is 57.8 Å². The van der Waals surface area contributed by atoms with Crippen molar-refractivity contribution in [3.8, 4) is 0 Å². The predicted octanol–water partition coefficient (Wildman–Crippen LogP) is 1.33. The minimum absolute atomic E-state index is 0.0389. The second kappa shape index (κ2) is 5.41. The smallest absolute Gasteiger partial charge is 0.237 e. The molecule has 0 aromatic rings. The monoisotopic (exact) mass is 266 g/mol. The molecule has 0 bridgehead atoms. The summed E-state index contributed by atoms with van der Waals surface area (Å²) < 4.78 is 0. The number of nitrogens with one attached hydrogen (secondary N) is 2. The van der Waals surface area contributed by atoms with Gasteiger partial charge in [-0.15, -0.1) is 0 Å². The Morgan fingerprint density at radius 2 is 1.95 bits per heavy atom. The topological polar surface area (TPSA) is 61.4 Å². The van der Waals surface area contributed by atoms with Gasteiger partial charge in [0.2, 0.25) is 5.91 Å². The van der Waals surface area contributed by atoms with E-state index in [1.165, 1.54) is 32.1 Å². The fourth-order valence-electron chi connectivity index (χ4n) is 3.84. The van der Waals surface area contributed by atoms with Gasteiger partial charge in [0, 0.05) is 12.6 Å². The molecule has 1 saturated heterocycles. The Hall–Kier alpha value is -0.610. The zero-order valence-corrected chi connectivity index (χ0v) is 11.7. The lowest BCUT2D eigenvalue weighted by molar-refractivity contribution is -0.127. The second-order valence-electron chi connectivity index (χ2n) is 6.74. The third-order valence-electron chi connectivity index (χ3n) is 5.34. The van der Waals surface area contributed by atoms with Gasteiger partial charge in [0.25, 0.3) is 0 Å². The van der Waals surface area contributed by atoms with E-state index in [1.54, 1.807) is 0 Å². The molecule has 19 heavy (non-hydrogen) atoms. The van der Waals surface area contributed by atoms with Crippen LogP contribution in [0.25, 0.3) is 0 Å². The van der Waals surface area contributed by atoms with E-state index < -0.39 is 5.60 Å². The number of carbonyl (C=O) groups is 1. The average Bonchev–Trinajstić information content (AvgIpc) is 2.42. The summed E-state index contributed by atoms with van der Waals surface area (Å²) in [6, 6.07) is 0.507. The van der Waals surface area contributed by atoms with Gasteiger partial charge in [-0.3, -0.25) is 4.79 Å². The van der Waals surface area contributed by atoms with Gasteiger partial charge in [-0.25, -0.2) is 0 Å². The molecule has 2 aliphatic carbocycles. The van der Waals surface area contributed by atoms with Crippen molar-refractivity contribution in [2.75, 3.05) is 6.54 Å². The molecule has 3 N–H and O–H groups in total. The van der Waals surface area contributed by atoms with Gasteiger partial charge in [-0.1, -0.05) is 12.8 Å². The molecule has 2 saturated carbocycles. The van der Waals surface area contributed by atoms with Gasteiger partial charge >= 0.3 is 0 Å². The van der Waals surface area contributed by atoms with Crippen LogP contribution in [0.2, 0.25) is 0 Å². The van der Waals surface area contributed by atoms with E-state index in [0.717, 1.165) is 31.6 Å². The van der Waals surface area contributed by atoms with Crippen molar-refractivity contribution in [1.82, 2.24) is 10.6 Å². The fourth-order valence-corrected chi connectivity index (χ4v) is 3.84. The van der Waals surface area contributed by atoms with Gasteiger partial charge in [0.15, 0.2) is 0 Å². The van der Waals surface area contributed by atoms with E-state index in [9.17, 15) is 9.90 Å². The fraction of sp³-hybridized carbons (Fsp3) is 0.933. The Bertz CT molecular complexity index is 341. The average molecular weight is 266 g/mol. The molecule has 0 spiro atoms. The highest BCUT2D eigenvalue weighted by Gasteiger charge is 2.37. The third kappa shape index (κ3) is 2.95. The largest absolute Gasteiger partial charge is 0.388 e. The van der Waals surface area contributed by atoms with Crippen LogP contribution in [0.3, 0.4) is 0 Å². The number of rotatable bonds is 3. The van der Waals surface area contributed by atoms with Crippen LogP contribution in [0.4, 0.5) is 0 Å². The molecule has 4 nitrogen and oxygen atoms in total. The highest BCUT2D eigenvalue weighted by molar-refractivity contribution is 5.82. The molecule has 4 heteroatoms. The zero-order valence-electron chi connectivity index (χ0n) is 11.7. The van der Waals surface area contributed by atoms with Crippen molar-refractivity contribution in [3.05, 3.63) is 0 Å². The Kier molecular flexibility index (Phi) is 3.81. The molecule has 0 radical (unpaired) electrons. The van der Waals surface area contributed by atoms with Gasteiger partial charge in [0.1, 0.15) is 0 Å². The normalized spacial score (nSPS) is 37.0. The Balaban J connectivity index is 1.47. The zero-order chi connectivity index (χ0) is 13.3. The maximum Gasteiger partial charge on any atom is 0.237 e. The summed E-state index contributed by atoms with van der Waals surface area (Å²) in [5.41, 5.74) is -0.613. The van der Waals surface area contributed by atoms with Crippen LogP contribution >= 0.6 is 0 Å². The number of fused-ring (bicyclic) bond motifs is 1. The molecular formula is C15H26N2O2. The van der Waals surface area contributed by atoms with Crippen LogP contribution in [0.5, 0.6) is 0 Å². The van der Waals surface area contributed by atoms with E-state index in [2.05, 4.69) is 10.6 Å². The minimum Gasteiger partial charge on any atom is -0.388 e. The van der Waals surface area contributed by atoms with Crippen molar-refractivity contribution in [3.63, 3.8) is 0 Å². The summed E-state index contributed by atoms with van der Waals surface area (Å²) in [4.78, 5) is 12.2. The molecule has 3 aliphatic rings. The molecular weight excluding hydrogens is 240 g/mol. The standard InChI is InChI=1S/C15H26N2O2/c18-14(16-10-15(19)8-3-9-15)13-7-6-11-4-1-2-5-12(11)17-13/h11-13,17,19H,1-10H2,(H,16,18). The van der Waals surface area contributed by atoms with Crippen molar-refractivity contribution < 1.29 is 9.90 Å². The molecule has 108 valence electrons. The van der Waals surface area contributed by atoms with Gasteiger partial charge in [-0.05, 0) is 50.9 Å². The predicted molar refractivity (Wildman–Crippen MR) is 73.7 cm³/mol. The number of piperidine rings is 1. The van der Waals surface area contributed by atoms with Crippen LogP contribution < -0.4 is 10.6 Å². The summed E-state index contributed by atoms with van der Waals surface area (Å²) in [5.74, 6) is 0.873. The maximum atomic E-state index is 12.2. The highest BCUT2D eigenvalue weighted by atomic mass is 16.3. The van der Waals surface area contributed by atoms with E-state index >= 15 is 0 Å². The number of hydrogen-bond acceptors (Lipinski definition) is 3. The SMILES string of the molecule is O=C(NCC1(O)CCC1)C1CCC2CCCCC2N1. The number of hydrogen-bond donors (Lipinski definition) is 3. The van der Waals surface area contributed by atoms with Crippen molar-refractivity contribution >= 4 is 5.91 Å². The van der Waals surface area contributed by atoms with Gasteiger partial charge < -0.3 is 15.7 Å². The van der Waals surface area contributed by atoms with E-state index in [0.29, 0.717) is 12.6 Å². The lowest BCUT2D eigenvalue weighted by Crippen LogP contribution is -2.57. The first-order valence-corrected chi connectivity index (χ1v) is 7.92. The second-order valence-corrected chi connectivity index (χ2v) is 6.74. The van der Waals surface area contributed by atoms with Crippen LogP contribution in [0.15, 0.2) is 0 Å². The summed E-state index contributed by atoms with van der Waals surface area (Å²) in [7, 11) is 0. The Morgan fingerprint density at radius 3 is 2.68 bits per heavy atom. The number of aliphatic hydroxyl groups is 1. The maximum absolute atomic E-state index is 12.2. The molecule has 3 unspecified atom stereocenters. The summed E-state index contributed by atoms with van der Waals surface area (Å²) in [6.07, 6.45) is 10.1. The van der Waals surface area contributed by atoms with E-state index in [-0.39, 0.29) is 11.9 Å². The minimum atomic E-state index is -0.613. The van der Waals surface area contributed by atoms with E-state index in [4.69, 9.17) is 0 Å². The summed E-state index contributed by atoms with van der Waals surface area (Å²) >= 11 is 0. The number of carbonyl (C=O) groups excluding carboxylic acids is 1. The Morgan fingerprint density at radius 1 is 1.16 bits per heavy atom. The molecule has 0 aromatic heterocycles. The van der Waals surface area contributed by atoms with Crippen LogP contribution in [-0.4, -0.2) is 35.2 Å². The summed E-state index contributed by atoms with van der Waals surface area (Å²) in [6.45, 7) is 0.429. The lowest BCUT2D eigenvalue weighted by Gasteiger charge is -2.41. The third-order valence-corrected chi connectivity index (χ3v) is 5.34. The molecule has 1 aliphatic heterocycles. The van der Waals surface area contributed by atoms with Crippen LogP contribution in [0, 0.1) is 5.92 Å². The Labute approximate surface area is 115 Å². The number of amides is 1. The lowest BCUT2D eigenvalue weighted by atomic mass is 9.77. The quantitative estimate of drug-likeness (QED) is 0.722. The van der Waals surface area contributed by atoms with Crippen molar-refractivity contribution in [2.45, 2.75) is 75.5 Å². The van der Waals surface area contributed by atoms with Crippen LogP contribution in [-0.2, 0) is 4.79 Å². The molecule has 1 amide bonds. The van der Waals surface area contributed by atoms with Crippen molar-refractivity contribution in [1.29, 1.82) is 0 Å². The van der Waals surface area contributed by atoms with E-state index in [1.807, 2.05) is 0 Å². The van der Waals surface area contributed by atoms with Crippen molar-refractivity contribution in [2.24, 2.45) is 5.92 Å². The molecule has 1 heterocycles. The first-order valence-electron chi connectivity index (χ1n) is 7.92. The first kappa shape index (κ1) is 13.4. The summed E-state index contributed by atoms with van der Waals surface area (Å²) in [5, 5.41) is 16.5. The molecule has 3 atom stereocenters. The molecule has 3 fully saturated rings. The van der Waals surface area contributed by atoms with Gasteiger partial charge in [0.05, 0.1) is 11.6 Å². The highest BCUT2D eigenvalue weighted by Crippen LogP contribution is 2.33. The molecule has 0 aromatic carbocycles. The van der Waals surface area contributed by atoms with Gasteiger partial charge in [-0.2, -0.15) is 0 Å². The first-order chi connectivity index (χ1) is 9.16.